The molecule has 1 unspecified atom stereocenters. The highest BCUT2D eigenvalue weighted by Crippen LogP contribution is 2.43. The number of fused-ring (bicyclic) bond motifs is 1. The first-order valence-corrected chi connectivity index (χ1v) is 7.48. The van der Waals surface area contributed by atoms with Crippen LogP contribution in [0.3, 0.4) is 0 Å². The predicted octanol–water partition coefficient (Wildman–Crippen LogP) is 3.85. The van der Waals surface area contributed by atoms with Crippen LogP contribution in [0, 0.1) is 0 Å². The van der Waals surface area contributed by atoms with E-state index < -0.39 is 5.41 Å². The number of anilines is 1. The largest absolute Gasteiger partial charge is 0.314 e. The lowest BCUT2D eigenvalue weighted by atomic mass is 9.78. The number of ketones is 1. The molecular weight excluding hydrogens is 298 g/mol. The van der Waals surface area contributed by atoms with Crippen LogP contribution in [0.15, 0.2) is 48.5 Å². The van der Waals surface area contributed by atoms with Crippen molar-refractivity contribution in [3.63, 3.8) is 0 Å². The molecule has 112 valence electrons. The van der Waals surface area contributed by atoms with Gasteiger partial charge < -0.3 is 4.90 Å². The molecule has 0 fully saturated rings. The molecule has 1 heterocycles. The summed E-state index contributed by atoms with van der Waals surface area (Å²) in [5.74, 6) is -0.103. The van der Waals surface area contributed by atoms with Crippen LogP contribution in [0.5, 0.6) is 0 Å². The molecule has 2 aromatic carbocycles. The van der Waals surface area contributed by atoms with E-state index in [1.165, 1.54) is 0 Å². The molecule has 2 aromatic rings. The van der Waals surface area contributed by atoms with E-state index in [-0.39, 0.29) is 18.1 Å². The van der Waals surface area contributed by atoms with Crippen molar-refractivity contribution >= 4 is 29.0 Å². The Morgan fingerprint density at radius 2 is 1.77 bits per heavy atom. The van der Waals surface area contributed by atoms with E-state index in [1.807, 2.05) is 31.2 Å². The molecule has 0 N–H and O–H groups in total. The Labute approximate surface area is 134 Å². The first-order valence-electron chi connectivity index (χ1n) is 7.10. The molecule has 3 nitrogen and oxygen atoms in total. The van der Waals surface area contributed by atoms with Gasteiger partial charge >= 0.3 is 0 Å². The fourth-order valence-corrected chi connectivity index (χ4v) is 3.18. The van der Waals surface area contributed by atoms with Crippen molar-refractivity contribution in [3.8, 4) is 0 Å². The maximum atomic E-state index is 12.7. The number of carbonyl (C=O) groups excluding carboxylic acids is 2. The van der Waals surface area contributed by atoms with Gasteiger partial charge in [-0.3, -0.25) is 9.59 Å². The lowest BCUT2D eigenvalue weighted by Crippen LogP contribution is -2.37. The van der Waals surface area contributed by atoms with Crippen LogP contribution in [-0.4, -0.2) is 18.7 Å². The minimum Gasteiger partial charge on any atom is -0.314 e. The van der Waals surface area contributed by atoms with E-state index in [0.29, 0.717) is 10.6 Å². The number of carbonyl (C=O) groups is 2. The monoisotopic (exact) mass is 313 g/mol. The standard InChI is InChI=1S/C18H16ClNO2/c1-18(11-16(21)12-7-9-13(19)10-8-12)14-5-3-4-6-15(14)20(2)17(18)22/h3-10H,11H2,1-2H3. The van der Waals surface area contributed by atoms with Gasteiger partial charge in [-0.25, -0.2) is 0 Å². The van der Waals surface area contributed by atoms with Gasteiger partial charge in [0.1, 0.15) is 0 Å². The third-order valence-corrected chi connectivity index (χ3v) is 4.57. The number of amides is 1. The van der Waals surface area contributed by atoms with Gasteiger partial charge in [-0.05, 0) is 42.8 Å². The SMILES string of the molecule is CN1C(=O)C(C)(CC(=O)c2ccc(Cl)cc2)c2ccccc21. The molecule has 0 aromatic heterocycles. The zero-order valence-corrected chi connectivity index (χ0v) is 13.2. The molecule has 1 aliphatic heterocycles. The van der Waals surface area contributed by atoms with Gasteiger partial charge in [0, 0.05) is 29.7 Å². The molecule has 22 heavy (non-hydrogen) atoms. The molecular formula is C18H16ClNO2. The van der Waals surface area contributed by atoms with Gasteiger partial charge in [0.25, 0.3) is 0 Å². The second-order valence-corrected chi connectivity index (χ2v) is 6.26. The van der Waals surface area contributed by atoms with Crippen molar-refractivity contribution in [1.29, 1.82) is 0 Å². The number of para-hydroxylation sites is 1. The Morgan fingerprint density at radius 3 is 2.45 bits per heavy atom. The van der Waals surface area contributed by atoms with Crippen LogP contribution in [0.25, 0.3) is 0 Å². The third-order valence-electron chi connectivity index (χ3n) is 4.32. The Hall–Kier alpha value is -2.13. The highest BCUT2D eigenvalue weighted by molar-refractivity contribution is 6.30. The van der Waals surface area contributed by atoms with Crippen LogP contribution in [-0.2, 0) is 10.2 Å². The molecule has 1 atom stereocenters. The van der Waals surface area contributed by atoms with Crippen molar-refractivity contribution in [2.45, 2.75) is 18.8 Å². The average Bonchev–Trinajstić information content (AvgIpc) is 2.70. The second-order valence-electron chi connectivity index (χ2n) is 5.82. The topological polar surface area (TPSA) is 37.4 Å². The van der Waals surface area contributed by atoms with Gasteiger partial charge in [-0.15, -0.1) is 0 Å². The summed E-state index contributed by atoms with van der Waals surface area (Å²) in [6.45, 7) is 1.84. The molecule has 4 heteroatoms. The summed E-state index contributed by atoms with van der Waals surface area (Å²) >= 11 is 5.85. The lowest BCUT2D eigenvalue weighted by molar-refractivity contribution is -0.122. The molecule has 1 amide bonds. The molecule has 0 saturated carbocycles. The number of rotatable bonds is 3. The van der Waals surface area contributed by atoms with Crippen molar-refractivity contribution in [1.82, 2.24) is 0 Å². The Kier molecular flexibility index (Phi) is 3.53. The van der Waals surface area contributed by atoms with Crippen molar-refractivity contribution in [2.75, 3.05) is 11.9 Å². The van der Waals surface area contributed by atoms with Crippen LogP contribution in [0.4, 0.5) is 5.69 Å². The molecule has 0 saturated heterocycles. The Balaban J connectivity index is 1.95. The Morgan fingerprint density at radius 1 is 1.14 bits per heavy atom. The van der Waals surface area contributed by atoms with Crippen molar-refractivity contribution in [2.24, 2.45) is 0 Å². The normalized spacial score (nSPS) is 20.1. The van der Waals surface area contributed by atoms with E-state index in [9.17, 15) is 9.59 Å². The second kappa shape index (κ2) is 5.25. The van der Waals surface area contributed by atoms with E-state index in [4.69, 9.17) is 11.6 Å². The van der Waals surface area contributed by atoms with Gasteiger partial charge in [0.15, 0.2) is 5.78 Å². The van der Waals surface area contributed by atoms with E-state index in [0.717, 1.165) is 11.3 Å². The highest BCUT2D eigenvalue weighted by Gasteiger charge is 2.46. The maximum Gasteiger partial charge on any atom is 0.237 e. The van der Waals surface area contributed by atoms with E-state index >= 15 is 0 Å². The minimum atomic E-state index is -0.817. The van der Waals surface area contributed by atoms with E-state index in [2.05, 4.69) is 0 Å². The number of benzene rings is 2. The number of likely N-dealkylation sites (N-methyl/N-ethyl adjacent to an activating group) is 1. The van der Waals surface area contributed by atoms with Crippen LogP contribution < -0.4 is 4.90 Å². The molecule has 0 bridgehead atoms. The third kappa shape index (κ3) is 2.22. The minimum absolute atomic E-state index is 0.0454. The molecule has 3 rings (SSSR count). The van der Waals surface area contributed by atoms with Crippen LogP contribution >= 0.6 is 11.6 Å². The summed E-state index contributed by atoms with van der Waals surface area (Å²) in [5.41, 5.74) is 1.54. The average molecular weight is 314 g/mol. The van der Waals surface area contributed by atoms with Gasteiger partial charge in [0.2, 0.25) is 5.91 Å². The smallest absolute Gasteiger partial charge is 0.237 e. The van der Waals surface area contributed by atoms with Crippen molar-refractivity contribution < 1.29 is 9.59 Å². The summed E-state index contributed by atoms with van der Waals surface area (Å²) in [7, 11) is 1.75. The number of Topliss-reactive ketones (excluding diaryl/α,β-unsaturated/α-hetero) is 1. The molecule has 0 radical (unpaired) electrons. The van der Waals surface area contributed by atoms with Crippen LogP contribution in [0.2, 0.25) is 5.02 Å². The van der Waals surface area contributed by atoms with Crippen LogP contribution in [0.1, 0.15) is 29.3 Å². The fraction of sp³-hybridized carbons (Fsp3) is 0.222. The Bertz CT molecular complexity index is 754. The van der Waals surface area contributed by atoms with Gasteiger partial charge in [-0.2, -0.15) is 0 Å². The fourth-order valence-electron chi connectivity index (χ4n) is 3.06. The number of hydrogen-bond donors (Lipinski definition) is 0. The molecule has 0 aliphatic carbocycles. The van der Waals surface area contributed by atoms with Gasteiger partial charge in [-0.1, -0.05) is 29.8 Å². The molecule has 0 spiro atoms. The zero-order valence-electron chi connectivity index (χ0n) is 12.5. The first kappa shape index (κ1) is 14.8. The zero-order chi connectivity index (χ0) is 15.9. The summed E-state index contributed by atoms with van der Waals surface area (Å²) in [5, 5.41) is 0.588. The van der Waals surface area contributed by atoms with Crippen molar-refractivity contribution in [3.05, 3.63) is 64.7 Å². The quantitative estimate of drug-likeness (QED) is 0.807. The maximum absolute atomic E-state index is 12.7. The molecule has 1 aliphatic rings. The van der Waals surface area contributed by atoms with E-state index in [1.54, 1.807) is 36.2 Å². The predicted molar refractivity (Wildman–Crippen MR) is 87.6 cm³/mol. The summed E-state index contributed by atoms with van der Waals surface area (Å²) in [6, 6.07) is 14.4. The number of halogens is 1. The first-order chi connectivity index (χ1) is 10.4. The lowest BCUT2D eigenvalue weighted by Gasteiger charge is -2.22. The summed E-state index contributed by atoms with van der Waals surface area (Å²) in [4.78, 5) is 26.9. The summed E-state index contributed by atoms with van der Waals surface area (Å²) < 4.78 is 0. The highest BCUT2D eigenvalue weighted by atomic mass is 35.5. The summed E-state index contributed by atoms with van der Waals surface area (Å²) in [6.07, 6.45) is 0.148. The van der Waals surface area contributed by atoms with Gasteiger partial charge in [0.05, 0.1) is 5.41 Å². The number of hydrogen-bond acceptors (Lipinski definition) is 2. The number of nitrogens with zero attached hydrogens (tertiary/aromatic N) is 1.